The fourth-order valence-electron chi connectivity index (χ4n) is 3.98. The van der Waals surface area contributed by atoms with Gasteiger partial charge in [0.15, 0.2) is 0 Å². The Morgan fingerprint density at radius 3 is 2.95 bits per heavy atom. The Labute approximate surface area is 121 Å². The third-order valence-corrected chi connectivity index (χ3v) is 5.24. The molecule has 2 aliphatic rings. The molecule has 0 spiro atoms. The fraction of sp³-hybridized carbons (Fsp3) is 0.647. The summed E-state index contributed by atoms with van der Waals surface area (Å²) in [5, 5.41) is 0. The van der Waals surface area contributed by atoms with Gasteiger partial charge in [0.25, 0.3) is 0 Å². The number of hydrazine groups is 1. The molecule has 2 unspecified atom stereocenters. The van der Waals surface area contributed by atoms with Crippen LogP contribution in [0.3, 0.4) is 0 Å². The molecule has 1 aliphatic heterocycles. The van der Waals surface area contributed by atoms with E-state index in [4.69, 9.17) is 10.6 Å². The number of ether oxygens (including phenoxy) is 1. The van der Waals surface area contributed by atoms with Gasteiger partial charge in [0.2, 0.25) is 0 Å². The Hall–Kier alpha value is -1.06. The molecule has 0 radical (unpaired) electrons. The van der Waals surface area contributed by atoms with Crippen molar-refractivity contribution in [2.24, 2.45) is 17.2 Å². The zero-order valence-corrected chi connectivity index (χ0v) is 12.6. The molecule has 1 heterocycles. The van der Waals surface area contributed by atoms with E-state index < -0.39 is 0 Å². The van der Waals surface area contributed by atoms with Gasteiger partial charge >= 0.3 is 0 Å². The number of fused-ring (bicyclic) bond motifs is 1. The van der Waals surface area contributed by atoms with E-state index in [1.807, 2.05) is 0 Å². The van der Waals surface area contributed by atoms with Crippen molar-refractivity contribution in [2.75, 3.05) is 6.61 Å². The average Bonchev–Trinajstić information content (AvgIpc) is 2.89. The van der Waals surface area contributed by atoms with E-state index in [1.165, 1.54) is 36.8 Å². The minimum Gasteiger partial charge on any atom is -0.493 e. The lowest BCUT2D eigenvalue weighted by Crippen LogP contribution is -2.41. The van der Waals surface area contributed by atoms with Crippen molar-refractivity contribution in [3.8, 4) is 5.75 Å². The predicted molar refractivity (Wildman–Crippen MR) is 81.4 cm³/mol. The Kier molecular flexibility index (Phi) is 3.74. The summed E-state index contributed by atoms with van der Waals surface area (Å²) in [5.74, 6) is 7.57. The zero-order valence-electron chi connectivity index (χ0n) is 12.6. The third-order valence-electron chi connectivity index (χ3n) is 5.24. The van der Waals surface area contributed by atoms with Crippen molar-refractivity contribution >= 4 is 0 Å². The van der Waals surface area contributed by atoms with Gasteiger partial charge in [-0.2, -0.15) is 0 Å². The van der Waals surface area contributed by atoms with Gasteiger partial charge in [-0.1, -0.05) is 38.8 Å². The number of benzene rings is 1. The summed E-state index contributed by atoms with van der Waals surface area (Å²) >= 11 is 0. The maximum absolute atomic E-state index is 5.92. The Balaban J connectivity index is 1.89. The number of nitrogens with two attached hydrogens (primary N) is 1. The molecule has 0 saturated heterocycles. The van der Waals surface area contributed by atoms with Gasteiger partial charge in [-0.05, 0) is 41.4 Å². The monoisotopic (exact) mass is 274 g/mol. The summed E-state index contributed by atoms with van der Waals surface area (Å²) in [5.41, 5.74) is 6.09. The van der Waals surface area contributed by atoms with E-state index in [-0.39, 0.29) is 6.04 Å². The first-order valence-electron chi connectivity index (χ1n) is 7.83. The Morgan fingerprint density at radius 2 is 2.20 bits per heavy atom. The molecule has 3 rings (SSSR count). The summed E-state index contributed by atoms with van der Waals surface area (Å²) < 4.78 is 5.60. The number of hydrogen-bond donors (Lipinski definition) is 2. The van der Waals surface area contributed by atoms with Gasteiger partial charge in [-0.25, -0.2) is 0 Å². The van der Waals surface area contributed by atoms with Crippen LogP contribution in [0.4, 0.5) is 0 Å². The first-order chi connectivity index (χ1) is 9.62. The molecule has 0 amide bonds. The summed E-state index contributed by atoms with van der Waals surface area (Å²) in [4.78, 5) is 0. The van der Waals surface area contributed by atoms with Crippen molar-refractivity contribution in [1.82, 2.24) is 5.43 Å². The second-order valence-electron chi connectivity index (χ2n) is 6.95. The van der Waals surface area contributed by atoms with Crippen LogP contribution < -0.4 is 16.0 Å². The van der Waals surface area contributed by atoms with Crippen LogP contribution in [0.25, 0.3) is 0 Å². The van der Waals surface area contributed by atoms with E-state index in [1.54, 1.807) is 0 Å². The summed E-state index contributed by atoms with van der Waals surface area (Å²) in [6, 6.07) is 6.82. The second kappa shape index (κ2) is 5.38. The number of nitrogens with one attached hydrogen (secondary N) is 1. The summed E-state index contributed by atoms with van der Waals surface area (Å²) in [7, 11) is 0. The molecule has 1 aromatic carbocycles. The lowest BCUT2D eigenvalue weighted by molar-refractivity contribution is 0.0982. The smallest absolute Gasteiger partial charge is 0.122 e. The van der Waals surface area contributed by atoms with Crippen molar-refractivity contribution in [1.29, 1.82) is 0 Å². The highest BCUT2D eigenvalue weighted by molar-refractivity contribution is 5.41. The summed E-state index contributed by atoms with van der Waals surface area (Å²) in [6.07, 6.45) is 6.24. The second-order valence-corrected chi connectivity index (χ2v) is 6.95. The Morgan fingerprint density at radius 1 is 1.35 bits per heavy atom. The van der Waals surface area contributed by atoms with Crippen molar-refractivity contribution in [3.05, 3.63) is 29.3 Å². The first kappa shape index (κ1) is 13.9. The molecule has 1 saturated carbocycles. The number of rotatable bonds is 3. The van der Waals surface area contributed by atoms with Gasteiger partial charge in [-0.15, -0.1) is 0 Å². The molecule has 3 N–H and O–H groups in total. The minimum atomic E-state index is 0.246. The molecule has 20 heavy (non-hydrogen) atoms. The summed E-state index contributed by atoms with van der Waals surface area (Å²) in [6.45, 7) is 5.59. The van der Waals surface area contributed by atoms with E-state index in [0.29, 0.717) is 11.3 Å². The van der Waals surface area contributed by atoms with Crippen molar-refractivity contribution in [3.63, 3.8) is 0 Å². The molecular weight excluding hydrogens is 248 g/mol. The largest absolute Gasteiger partial charge is 0.493 e. The molecule has 0 bridgehead atoms. The molecular formula is C17H26N2O. The van der Waals surface area contributed by atoms with Crippen molar-refractivity contribution < 1.29 is 4.74 Å². The SMILES string of the molecule is CC1(C)CCCCC1C(NN)c1ccc2c(c1)CCO2. The van der Waals surface area contributed by atoms with Gasteiger partial charge in [-0.3, -0.25) is 11.3 Å². The van der Waals surface area contributed by atoms with Gasteiger partial charge in [0.1, 0.15) is 5.75 Å². The first-order valence-corrected chi connectivity index (χ1v) is 7.83. The van der Waals surface area contributed by atoms with Crippen LogP contribution in [0.15, 0.2) is 18.2 Å². The van der Waals surface area contributed by atoms with Crippen LogP contribution in [0.1, 0.15) is 56.7 Å². The van der Waals surface area contributed by atoms with Crippen LogP contribution in [0, 0.1) is 11.3 Å². The quantitative estimate of drug-likeness (QED) is 0.656. The van der Waals surface area contributed by atoms with Crippen LogP contribution in [-0.4, -0.2) is 6.61 Å². The highest BCUT2D eigenvalue weighted by Crippen LogP contribution is 2.47. The van der Waals surface area contributed by atoms with Gasteiger partial charge in [0.05, 0.1) is 6.61 Å². The molecule has 1 fully saturated rings. The van der Waals surface area contributed by atoms with Crippen LogP contribution in [0.2, 0.25) is 0 Å². The van der Waals surface area contributed by atoms with Gasteiger partial charge < -0.3 is 4.74 Å². The normalized spacial score (nSPS) is 25.9. The molecule has 0 aromatic heterocycles. The Bertz CT molecular complexity index is 484. The maximum Gasteiger partial charge on any atom is 0.122 e. The highest BCUT2D eigenvalue weighted by Gasteiger charge is 2.38. The van der Waals surface area contributed by atoms with Crippen LogP contribution in [0.5, 0.6) is 5.75 Å². The lowest BCUT2D eigenvalue weighted by atomic mass is 9.65. The maximum atomic E-state index is 5.92. The molecule has 110 valence electrons. The highest BCUT2D eigenvalue weighted by atomic mass is 16.5. The fourth-order valence-corrected chi connectivity index (χ4v) is 3.98. The molecule has 3 heteroatoms. The third kappa shape index (κ3) is 2.45. The lowest BCUT2D eigenvalue weighted by Gasteiger charge is -2.43. The molecule has 1 aromatic rings. The van der Waals surface area contributed by atoms with E-state index >= 15 is 0 Å². The molecule has 2 atom stereocenters. The topological polar surface area (TPSA) is 47.3 Å². The van der Waals surface area contributed by atoms with Gasteiger partial charge in [0, 0.05) is 12.5 Å². The average molecular weight is 274 g/mol. The van der Waals surface area contributed by atoms with Crippen molar-refractivity contribution in [2.45, 2.75) is 52.0 Å². The van der Waals surface area contributed by atoms with E-state index in [9.17, 15) is 0 Å². The van der Waals surface area contributed by atoms with E-state index in [2.05, 4.69) is 37.5 Å². The zero-order chi connectivity index (χ0) is 14.2. The molecule has 3 nitrogen and oxygen atoms in total. The van der Waals surface area contributed by atoms with E-state index in [0.717, 1.165) is 18.8 Å². The van der Waals surface area contributed by atoms with Crippen LogP contribution >= 0.6 is 0 Å². The standard InChI is InChI=1S/C17H26N2O/c1-17(2)9-4-3-5-14(17)16(19-18)13-6-7-15-12(11-13)8-10-20-15/h6-7,11,14,16,19H,3-5,8-10,18H2,1-2H3. The molecule has 1 aliphatic carbocycles. The number of hydrogen-bond acceptors (Lipinski definition) is 3. The van der Waals surface area contributed by atoms with Crippen LogP contribution in [-0.2, 0) is 6.42 Å². The minimum absolute atomic E-state index is 0.246. The predicted octanol–water partition coefficient (Wildman–Crippen LogP) is 3.34.